The molecule has 0 aromatic carbocycles. The van der Waals surface area contributed by atoms with Gasteiger partial charge in [0.1, 0.15) is 0 Å². The average Bonchev–Trinajstić information content (AvgIpc) is 2.22. The Hall–Kier alpha value is 0.750. The maximum Gasteiger partial charge on any atom is 0.0806 e. The summed E-state index contributed by atoms with van der Waals surface area (Å²) in [4.78, 5) is 2.55. The number of hydrogen-bond acceptors (Lipinski definition) is 3. The molecule has 0 aliphatic carbocycles. The highest BCUT2D eigenvalue weighted by molar-refractivity contribution is 9.09. The van der Waals surface area contributed by atoms with E-state index in [1.54, 1.807) is 0 Å². The predicted molar refractivity (Wildman–Crippen MR) is 76.8 cm³/mol. The molecule has 0 aromatic rings. The van der Waals surface area contributed by atoms with Crippen LogP contribution in [0.5, 0.6) is 0 Å². The Kier molecular flexibility index (Phi) is 6.70. The largest absolute Gasteiger partial charge is 0.369 e. The monoisotopic (exact) mass is 309 g/mol. The first-order valence-electron chi connectivity index (χ1n) is 6.11. The highest BCUT2D eigenvalue weighted by atomic mass is 79.9. The lowest BCUT2D eigenvalue weighted by Gasteiger charge is -2.42. The normalized spacial score (nSPS) is 25.9. The van der Waals surface area contributed by atoms with Crippen molar-refractivity contribution in [3.05, 3.63) is 0 Å². The lowest BCUT2D eigenvalue weighted by molar-refractivity contribution is -0.126. The van der Waals surface area contributed by atoms with Gasteiger partial charge in [0.2, 0.25) is 0 Å². The fourth-order valence-corrected chi connectivity index (χ4v) is 3.16. The van der Waals surface area contributed by atoms with Crippen LogP contribution in [0.25, 0.3) is 0 Å². The Morgan fingerprint density at radius 1 is 1.50 bits per heavy atom. The Balaban J connectivity index is 2.29. The molecule has 0 radical (unpaired) electrons. The second kappa shape index (κ2) is 7.24. The minimum Gasteiger partial charge on any atom is -0.369 e. The van der Waals surface area contributed by atoms with Crippen molar-refractivity contribution in [2.45, 2.75) is 38.9 Å². The molecule has 1 aliphatic heterocycles. The summed E-state index contributed by atoms with van der Waals surface area (Å²) in [5, 5.41) is 0.941. The summed E-state index contributed by atoms with van der Waals surface area (Å²) in [7, 11) is 0. The average molecular weight is 310 g/mol. The van der Waals surface area contributed by atoms with E-state index in [4.69, 9.17) is 4.74 Å². The van der Waals surface area contributed by atoms with Gasteiger partial charge in [-0.2, -0.15) is 11.8 Å². The molecule has 1 fully saturated rings. The van der Waals surface area contributed by atoms with E-state index in [-0.39, 0.29) is 5.60 Å². The summed E-state index contributed by atoms with van der Waals surface area (Å²) in [6.45, 7) is 9.96. The molecule has 0 bridgehead atoms. The van der Waals surface area contributed by atoms with E-state index < -0.39 is 0 Å². The van der Waals surface area contributed by atoms with Gasteiger partial charge in [0.25, 0.3) is 0 Å². The molecule has 1 saturated heterocycles. The molecule has 0 amide bonds. The minimum absolute atomic E-state index is 0.00852. The molecule has 0 N–H and O–H groups in total. The molecule has 0 aromatic heterocycles. The van der Waals surface area contributed by atoms with Crippen LogP contribution in [0, 0.1) is 0 Å². The maximum atomic E-state index is 5.99. The smallest absolute Gasteiger partial charge is 0.0806 e. The van der Waals surface area contributed by atoms with Gasteiger partial charge in [0, 0.05) is 18.4 Å². The van der Waals surface area contributed by atoms with Crippen molar-refractivity contribution in [1.82, 2.24) is 4.90 Å². The van der Waals surface area contributed by atoms with Crippen molar-refractivity contribution in [3.63, 3.8) is 0 Å². The number of alkyl halides is 1. The van der Waals surface area contributed by atoms with E-state index in [1.807, 2.05) is 11.8 Å². The summed E-state index contributed by atoms with van der Waals surface area (Å²) in [5.74, 6) is 2.52. The SMILES string of the molecule is CCSCCCN1CC(CBr)OC(C)(C)C1. The lowest BCUT2D eigenvalue weighted by atomic mass is 10.1. The molecule has 0 saturated carbocycles. The molecular weight excluding hydrogens is 286 g/mol. The van der Waals surface area contributed by atoms with E-state index in [2.05, 4.69) is 41.6 Å². The standard InChI is InChI=1S/C12H24BrNOS/c1-4-16-7-5-6-14-9-11(8-13)15-12(2,3)10-14/h11H,4-10H2,1-3H3. The Morgan fingerprint density at radius 3 is 2.88 bits per heavy atom. The first-order chi connectivity index (χ1) is 7.57. The molecule has 1 atom stereocenters. The number of hydrogen-bond donors (Lipinski definition) is 0. The van der Waals surface area contributed by atoms with Crippen molar-refractivity contribution in [1.29, 1.82) is 0 Å². The number of thioether (sulfide) groups is 1. The Morgan fingerprint density at radius 2 is 2.25 bits per heavy atom. The van der Waals surface area contributed by atoms with E-state index in [1.165, 1.54) is 24.5 Å². The Labute approximate surface area is 113 Å². The number of rotatable bonds is 6. The van der Waals surface area contributed by atoms with Gasteiger partial charge in [0.15, 0.2) is 0 Å². The van der Waals surface area contributed by atoms with E-state index in [9.17, 15) is 0 Å². The Bertz CT molecular complexity index is 201. The van der Waals surface area contributed by atoms with Crippen LogP contribution in [0.15, 0.2) is 0 Å². The van der Waals surface area contributed by atoms with Crippen molar-refractivity contribution in [3.8, 4) is 0 Å². The van der Waals surface area contributed by atoms with Gasteiger partial charge in [-0.1, -0.05) is 22.9 Å². The second-order valence-electron chi connectivity index (χ2n) is 4.94. The van der Waals surface area contributed by atoms with Crippen LogP contribution in [0.4, 0.5) is 0 Å². The zero-order valence-corrected chi connectivity index (χ0v) is 13.1. The van der Waals surface area contributed by atoms with Crippen LogP contribution in [0.3, 0.4) is 0 Å². The van der Waals surface area contributed by atoms with Crippen LogP contribution in [-0.4, -0.2) is 53.1 Å². The zero-order chi connectivity index (χ0) is 12.0. The summed E-state index contributed by atoms with van der Waals surface area (Å²) >= 11 is 5.56. The minimum atomic E-state index is 0.00852. The predicted octanol–water partition coefficient (Wildman–Crippen LogP) is 3.00. The fraction of sp³-hybridized carbons (Fsp3) is 1.00. The summed E-state index contributed by atoms with van der Waals surface area (Å²) in [6, 6.07) is 0. The molecule has 96 valence electrons. The second-order valence-corrected chi connectivity index (χ2v) is 6.98. The van der Waals surface area contributed by atoms with Crippen LogP contribution < -0.4 is 0 Å². The zero-order valence-electron chi connectivity index (χ0n) is 10.7. The molecule has 1 unspecified atom stereocenters. The van der Waals surface area contributed by atoms with Gasteiger partial charge in [-0.15, -0.1) is 0 Å². The molecule has 4 heteroatoms. The molecule has 2 nitrogen and oxygen atoms in total. The molecule has 1 heterocycles. The fourth-order valence-electron chi connectivity index (χ4n) is 2.20. The van der Waals surface area contributed by atoms with Crippen molar-refractivity contribution in [2.24, 2.45) is 0 Å². The highest BCUT2D eigenvalue weighted by Gasteiger charge is 2.32. The van der Waals surface area contributed by atoms with Crippen LogP contribution in [0.2, 0.25) is 0 Å². The van der Waals surface area contributed by atoms with Crippen LogP contribution >= 0.6 is 27.7 Å². The van der Waals surface area contributed by atoms with Crippen LogP contribution in [-0.2, 0) is 4.74 Å². The number of nitrogens with zero attached hydrogens (tertiary/aromatic N) is 1. The molecule has 16 heavy (non-hydrogen) atoms. The quantitative estimate of drug-likeness (QED) is 0.553. The van der Waals surface area contributed by atoms with Crippen molar-refractivity contribution < 1.29 is 4.74 Å². The van der Waals surface area contributed by atoms with Crippen molar-refractivity contribution >= 4 is 27.7 Å². The number of ether oxygens (including phenoxy) is 1. The van der Waals surface area contributed by atoms with Gasteiger partial charge in [-0.05, 0) is 38.3 Å². The third kappa shape index (κ3) is 5.39. The summed E-state index contributed by atoms with van der Waals surface area (Å²) in [6.07, 6.45) is 1.64. The van der Waals surface area contributed by atoms with Crippen LogP contribution in [0.1, 0.15) is 27.2 Å². The molecular formula is C12H24BrNOS. The van der Waals surface area contributed by atoms with Gasteiger partial charge >= 0.3 is 0 Å². The third-order valence-electron chi connectivity index (χ3n) is 2.69. The number of morpholine rings is 1. The van der Waals surface area contributed by atoms with E-state index in [0.717, 1.165) is 18.4 Å². The first-order valence-corrected chi connectivity index (χ1v) is 8.39. The topological polar surface area (TPSA) is 12.5 Å². The third-order valence-corrected chi connectivity index (χ3v) is 4.40. The highest BCUT2D eigenvalue weighted by Crippen LogP contribution is 2.22. The number of halogens is 1. The van der Waals surface area contributed by atoms with E-state index in [0.29, 0.717) is 6.10 Å². The molecule has 1 rings (SSSR count). The van der Waals surface area contributed by atoms with Gasteiger partial charge in [0.05, 0.1) is 11.7 Å². The maximum absolute atomic E-state index is 5.99. The van der Waals surface area contributed by atoms with Crippen molar-refractivity contribution in [2.75, 3.05) is 36.5 Å². The first kappa shape index (κ1) is 14.8. The van der Waals surface area contributed by atoms with Gasteiger partial charge in [-0.3, -0.25) is 4.90 Å². The summed E-state index contributed by atoms with van der Waals surface area (Å²) in [5.41, 5.74) is 0.00852. The molecule has 0 spiro atoms. The molecule has 1 aliphatic rings. The summed E-state index contributed by atoms with van der Waals surface area (Å²) < 4.78 is 5.99. The van der Waals surface area contributed by atoms with E-state index >= 15 is 0 Å². The van der Waals surface area contributed by atoms with Gasteiger partial charge in [-0.25, -0.2) is 0 Å². The lowest BCUT2D eigenvalue weighted by Crippen LogP contribution is -2.53. The van der Waals surface area contributed by atoms with Gasteiger partial charge < -0.3 is 4.74 Å².